The van der Waals surface area contributed by atoms with E-state index >= 15 is 0 Å². The minimum absolute atomic E-state index is 0.0562. The van der Waals surface area contributed by atoms with Gasteiger partial charge in [0.05, 0.1) is 11.8 Å². The van der Waals surface area contributed by atoms with Crippen molar-refractivity contribution >= 4 is 27.6 Å². The third kappa shape index (κ3) is 2.68. The van der Waals surface area contributed by atoms with Crippen LogP contribution < -0.4 is 5.73 Å². The number of nitrogen functional groups attached to an aromatic ring is 1. The van der Waals surface area contributed by atoms with Gasteiger partial charge in [-0.2, -0.15) is 0 Å². The summed E-state index contributed by atoms with van der Waals surface area (Å²) in [5.74, 6) is -1.43. The number of ether oxygens (including phenoxy) is 1. The molecule has 0 radical (unpaired) electrons. The van der Waals surface area contributed by atoms with Crippen molar-refractivity contribution in [1.29, 1.82) is 0 Å². The molecule has 1 aromatic rings. The molecule has 1 aromatic carbocycles. The van der Waals surface area contributed by atoms with Crippen molar-refractivity contribution in [1.82, 2.24) is 0 Å². The summed E-state index contributed by atoms with van der Waals surface area (Å²) in [5, 5.41) is 0. The van der Waals surface area contributed by atoms with Gasteiger partial charge >= 0.3 is 5.97 Å². The molecule has 0 saturated carbocycles. The van der Waals surface area contributed by atoms with Gasteiger partial charge in [0.15, 0.2) is 0 Å². The fourth-order valence-electron chi connectivity index (χ4n) is 1.05. The maximum absolute atomic E-state index is 13.3. The van der Waals surface area contributed by atoms with Crippen LogP contribution in [0.1, 0.15) is 24.2 Å². The lowest BCUT2D eigenvalue weighted by molar-refractivity contribution is 0.0374. The topological polar surface area (TPSA) is 52.3 Å². The van der Waals surface area contributed by atoms with Gasteiger partial charge in [0, 0.05) is 4.47 Å². The van der Waals surface area contributed by atoms with E-state index in [2.05, 4.69) is 15.9 Å². The van der Waals surface area contributed by atoms with E-state index in [1.165, 1.54) is 6.07 Å². The first-order chi connectivity index (χ1) is 6.93. The number of benzene rings is 1. The highest BCUT2D eigenvalue weighted by atomic mass is 79.9. The second-order valence-corrected chi connectivity index (χ2v) is 4.13. The molecule has 0 aliphatic rings. The number of carbonyl (C=O) groups is 1. The van der Waals surface area contributed by atoms with E-state index in [1.807, 2.05) is 0 Å². The highest BCUT2D eigenvalue weighted by Crippen LogP contribution is 2.26. The van der Waals surface area contributed by atoms with Crippen LogP contribution in [0.15, 0.2) is 16.6 Å². The number of hydrogen-bond acceptors (Lipinski definition) is 3. The van der Waals surface area contributed by atoms with E-state index in [0.29, 0.717) is 4.47 Å². The highest BCUT2D eigenvalue weighted by molar-refractivity contribution is 9.10. The first kappa shape index (κ1) is 12.0. The van der Waals surface area contributed by atoms with Crippen molar-refractivity contribution in [3.63, 3.8) is 0 Å². The van der Waals surface area contributed by atoms with Crippen molar-refractivity contribution in [3.05, 3.63) is 28.0 Å². The van der Waals surface area contributed by atoms with Crippen LogP contribution in [0.5, 0.6) is 0 Å². The maximum Gasteiger partial charge on any atom is 0.343 e. The van der Waals surface area contributed by atoms with E-state index in [4.69, 9.17) is 10.5 Å². The molecule has 0 spiro atoms. The summed E-state index contributed by atoms with van der Waals surface area (Å²) < 4.78 is 18.7. The molecule has 0 aromatic heterocycles. The fraction of sp³-hybridized carbons (Fsp3) is 0.300. The van der Waals surface area contributed by atoms with Crippen molar-refractivity contribution in [3.8, 4) is 0 Å². The Hall–Kier alpha value is -1.10. The molecule has 0 unspecified atom stereocenters. The quantitative estimate of drug-likeness (QED) is 0.667. The van der Waals surface area contributed by atoms with Gasteiger partial charge in [-0.25, -0.2) is 9.18 Å². The molecule has 2 N–H and O–H groups in total. The Morgan fingerprint density at radius 2 is 2.13 bits per heavy atom. The lowest BCUT2D eigenvalue weighted by Crippen LogP contribution is -2.15. The second-order valence-electron chi connectivity index (χ2n) is 3.27. The van der Waals surface area contributed by atoms with Gasteiger partial charge in [-0.15, -0.1) is 0 Å². The van der Waals surface area contributed by atoms with Crippen molar-refractivity contribution < 1.29 is 13.9 Å². The Labute approximate surface area is 95.5 Å². The fourth-order valence-corrected chi connectivity index (χ4v) is 1.38. The number of hydrogen-bond donors (Lipinski definition) is 1. The van der Waals surface area contributed by atoms with E-state index in [0.717, 1.165) is 6.07 Å². The zero-order chi connectivity index (χ0) is 11.6. The SMILES string of the molecule is CC(C)OC(=O)c1c(F)ccc(Br)c1N. The van der Waals surface area contributed by atoms with E-state index in [1.54, 1.807) is 13.8 Å². The van der Waals surface area contributed by atoms with Crippen LogP contribution in [-0.2, 0) is 4.74 Å². The number of halogens is 2. The van der Waals surface area contributed by atoms with Gasteiger partial charge < -0.3 is 10.5 Å². The van der Waals surface area contributed by atoms with Crippen LogP contribution >= 0.6 is 15.9 Å². The molecule has 0 amide bonds. The van der Waals surface area contributed by atoms with E-state index < -0.39 is 11.8 Å². The third-order valence-electron chi connectivity index (χ3n) is 1.69. The molecule has 82 valence electrons. The predicted octanol–water partition coefficient (Wildman–Crippen LogP) is 2.74. The maximum atomic E-state index is 13.3. The molecule has 0 aliphatic carbocycles. The number of esters is 1. The molecule has 3 nitrogen and oxygen atoms in total. The Morgan fingerprint density at radius 1 is 1.53 bits per heavy atom. The summed E-state index contributed by atoms with van der Waals surface area (Å²) in [6, 6.07) is 2.61. The molecule has 0 aliphatic heterocycles. The van der Waals surface area contributed by atoms with Crippen LogP contribution in [0.4, 0.5) is 10.1 Å². The van der Waals surface area contributed by atoms with E-state index in [-0.39, 0.29) is 17.4 Å². The Bertz CT molecular complexity index is 393. The first-order valence-electron chi connectivity index (χ1n) is 4.38. The molecule has 0 saturated heterocycles. The molecule has 0 heterocycles. The largest absolute Gasteiger partial charge is 0.459 e. The monoisotopic (exact) mass is 275 g/mol. The van der Waals surface area contributed by atoms with Gasteiger partial charge in [-0.05, 0) is 41.9 Å². The lowest BCUT2D eigenvalue weighted by Gasteiger charge is -2.11. The average Bonchev–Trinajstić information content (AvgIpc) is 2.11. The lowest BCUT2D eigenvalue weighted by atomic mass is 10.1. The molecule has 0 bridgehead atoms. The van der Waals surface area contributed by atoms with Gasteiger partial charge in [0.25, 0.3) is 0 Å². The predicted molar refractivity (Wildman–Crippen MR) is 59.1 cm³/mol. The summed E-state index contributed by atoms with van der Waals surface area (Å²) in [6.07, 6.45) is -0.310. The van der Waals surface area contributed by atoms with Crippen LogP contribution in [0, 0.1) is 5.82 Å². The summed E-state index contributed by atoms with van der Waals surface area (Å²) in [5.41, 5.74) is 5.40. The van der Waals surface area contributed by atoms with Crippen LogP contribution in [0.25, 0.3) is 0 Å². The molecule has 15 heavy (non-hydrogen) atoms. The Morgan fingerprint density at radius 3 is 2.67 bits per heavy atom. The van der Waals surface area contributed by atoms with E-state index in [9.17, 15) is 9.18 Å². The zero-order valence-corrected chi connectivity index (χ0v) is 9.97. The Balaban J connectivity index is 3.13. The minimum Gasteiger partial charge on any atom is -0.459 e. The third-order valence-corrected chi connectivity index (χ3v) is 2.38. The Kier molecular flexibility index (Phi) is 3.68. The summed E-state index contributed by atoms with van der Waals surface area (Å²) in [7, 11) is 0. The van der Waals surface area contributed by atoms with Crippen LogP contribution in [0.3, 0.4) is 0 Å². The standard InChI is InChI=1S/C10H11BrFNO2/c1-5(2)15-10(14)8-7(12)4-3-6(11)9(8)13/h3-5H,13H2,1-2H3. The molecule has 1 rings (SSSR count). The molecular formula is C10H11BrFNO2. The zero-order valence-electron chi connectivity index (χ0n) is 8.38. The van der Waals surface area contributed by atoms with Crippen LogP contribution in [-0.4, -0.2) is 12.1 Å². The van der Waals surface area contributed by atoms with Crippen molar-refractivity contribution in [2.45, 2.75) is 20.0 Å². The molecular weight excluding hydrogens is 265 g/mol. The normalized spacial score (nSPS) is 10.5. The number of rotatable bonds is 2. The molecule has 0 atom stereocenters. The van der Waals surface area contributed by atoms with Gasteiger partial charge in [-0.1, -0.05) is 0 Å². The van der Waals surface area contributed by atoms with Crippen molar-refractivity contribution in [2.75, 3.05) is 5.73 Å². The molecule has 5 heteroatoms. The summed E-state index contributed by atoms with van der Waals surface area (Å²) in [4.78, 5) is 11.5. The minimum atomic E-state index is -0.749. The van der Waals surface area contributed by atoms with Crippen LogP contribution in [0.2, 0.25) is 0 Å². The summed E-state index contributed by atoms with van der Waals surface area (Å²) >= 11 is 3.12. The number of anilines is 1. The van der Waals surface area contributed by atoms with Gasteiger partial charge in [0.1, 0.15) is 11.4 Å². The van der Waals surface area contributed by atoms with Gasteiger partial charge in [0.2, 0.25) is 0 Å². The summed E-state index contributed by atoms with van der Waals surface area (Å²) in [6.45, 7) is 3.37. The number of carbonyl (C=O) groups excluding carboxylic acids is 1. The first-order valence-corrected chi connectivity index (χ1v) is 5.17. The van der Waals surface area contributed by atoms with Gasteiger partial charge in [-0.3, -0.25) is 0 Å². The number of nitrogens with two attached hydrogens (primary N) is 1. The average molecular weight is 276 g/mol. The smallest absolute Gasteiger partial charge is 0.343 e. The molecule has 0 fully saturated rings. The second kappa shape index (κ2) is 4.61. The highest BCUT2D eigenvalue weighted by Gasteiger charge is 2.19. The van der Waals surface area contributed by atoms with Crippen molar-refractivity contribution in [2.24, 2.45) is 0 Å².